The second-order valence-electron chi connectivity index (χ2n) is 9.90. The molecule has 0 radical (unpaired) electrons. The second-order valence-corrected chi connectivity index (χ2v) is 9.90. The molecule has 7 rings (SSSR count). The Hall–Kier alpha value is -2.36. The highest BCUT2D eigenvalue weighted by atomic mass is 19.1. The van der Waals surface area contributed by atoms with Crippen LogP contribution in [0.3, 0.4) is 0 Å². The van der Waals surface area contributed by atoms with Gasteiger partial charge in [0.05, 0.1) is 18.8 Å². The first-order valence-corrected chi connectivity index (χ1v) is 12.0. The molecule has 4 aliphatic heterocycles. The van der Waals surface area contributed by atoms with Gasteiger partial charge in [-0.15, -0.1) is 0 Å². The Labute approximate surface area is 191 Å². The molecular weight excluding hydrogens is 429 g/mol. The van der Waals surface area contributed by atoms with E-state index in [4.69, 9.17) is 23.5 Å². The lowest BCUT2D eigenvalue weighted by atomic mass is 10.1. The second kappa shape index (κ2) is 7.32. The lowest BCUT2D eigenvalue weighted by Crippen LogP contribution is -2.44. The zero-order valence-electron chi connectivity index (χ0n) is 18.6. The minimum atomic E-state index is -0.875. The minimum Gasteiger partial charge on any atom is -0.436 e. The smallest absolute Gasteiger partial charge is 0.267 e. The minimum absolute atomic E-state index is 0.0287. The monoisotopic (exact) mass is 457 g/mol. The molecule has 6 atom stereocenters. The number of nitrogens with zero attached hydrogens (tertiary/aromatic N) is 3. The van der Waals surface area contributed by atoms with Gasteiger partial charge in [-0.05, 0) is 67.3 Å². The summed E-state index contributed by atoms with van der Waals surface area (Å²) in [6.45, 7) is 5.74. The zero-order chi connectivity index (χ0) is 22.2. The Bertz CT molecular complexity index is 1050. The van der Waals surface area contributed by atoms with Gasteiger partial charge in [-0.1, -0.05) is 0 Å². The van der Waals surface area contributed by atoms with Crippen LogP contribution in [0.1, 0.15) is 31.7 Å². The Kier molecular flexibility index (Phi) is 4.45. The highest BCUT2D eigenvalue weighted by molar-refractivity contribution is 5.60. The molecule has 176 valence electrons. The highest BCUT2D eigenvalue weighted by Gasteiger charge is 2.58. The third-order valence-corrected chi connectivity index (χ3v) is 7.97. The van der Waals surface area contributed by atoms with Crippen molar-refractivity contribution in [2.75, 3.05) is 42.6 Å². The van der Waals surface area contributed by atoms with Gasteiger partial charge >= 0.3 is 0 Å². The van der Waals surface area contributed by atoms with Crippen molar-refractivity contribution in [1.29, 1.82) is 0 Å². The summed E-state index contributed by atoms with van der Waals surface area (Å²) in [5.74, 6) is 1.15. The maximum atomic E-state index is 15.2. The van der Waals surface area contributed by atoms with Gasteiger partial charge in [0.25, 0.3) is 11.7 Å². The van der Waals surface area contributed by atoms with E-state index >= 15 is 4.39 Å². The fourth-order valence-electron chi connectivity index (χ4n) is 6.04. The number of piperidine rings is 1. The zero-order valence-corrected chi connectivity index (χ0v) is 18.6. The Morgan fingerprint density at radius 1 is 1.24 bits per heavy atom. The van der Waals surface area contributed by atoms with Crippen LogP contribution in [0.2, 0.25) is 0 Å². The van der Waals surface area contributed by atoms with Crippen molar-refractivity contribution >= 4 is 11.4 Å². The van der Waals surface area contributed by atoms with Crippen LogP contribution < -0.4 is 14.5 Å². The van der Waals surface area contributed by atoms with E-state index in [2.05, 4.69) is 10.1 Å². The molecule has 1 saturated carbocycles. The number of hydrogen-bond donors (Lipinski definition) is 0. The van der Waals surface area contributed by atoms with Gasteiger partial charge in [-0.3, -0.25) is 0 Å². The lowest BCUT2D eigenvalue weighted by molar-refractivity contribution is -0.202. The van der Waals surface area contributed by atoms with Gasteiger partial charge in [0.1, 0.15) is 23.9 Å². The molecule has 0 N–H and O–H groups in total. The number of aromatic nitrogens is 1. The van der Waals surface area contributed by atoms with Gasteiger partial charge in [0, 0.05) is 25.4 Å². The molecule has 2 unspecified atom stereocenters. The van der Waals surface area contributed by atoms with E-state index in [1.54, 1.807) is 12.3 Å². The summed E-state index contributed by atoms with van der Waals surface area (Å²) in [6, 6.07) is 5.46. The van der Waals surface area contributed by atoms with Crippen LogP contribution in [0.4, 0.5) is 15.8 Å². The van der Waals surface area contributed by atoms with Crippen molar-refractivity contribution in [3.63, 3.8) is 0 Å². The molecule has 1 aromatic carbocycles. The third-order valence-electron chi connectivity index (χ3n) is 7.97. The Morgan fingerprint density at radius 3 is 2.88 bits per heavy atom. The molecule has 33 heavy (non-hydrogen) atoms. The van der Waals surface area contributed by atoms with E-state index in [1.807, 2.05) is 24.0 Å². The van der Waals surface area contributed by atoms with Crippen molar-refractivity contribution in [2.24, 2.45) is 17.8 Å². The van der Waals surface area contributed by atoms with Crippen LogP contribution in [-0.4, -0.2) is 50.5 Å². The Morgan fingerprint density at radius 2 is 2.12 bits per heavy atom. The van der Waals surface area contributed by atoms with Crippen molar-refractivity contribution < 1.29 is 27.9 Å². The van der Waals surface area contributed by atoms with Crippen LogP contribution in [-0.2, 0) is 20.0 Å². The summed E-state index contributed by atoms with van der Waals surface area (Å²) in [7, 11) is 0. The lowest BCUT2D eigenvalue weighted by Gasteiger charge is -2.34. The molecule has 1 spiro atoms. The quantitative estimate of drug-likeness (QED) is 0.676. The van der Waals surface area contributed by atoms with Gasteiger partial charge in [-0.2, -0.15) is 0 Å². The number of ether oxygens (including phenoxy) is 4. The number of fused-ring (bicyclic) bond motifs is 3. The molecule has 4 fully saturated rings. The van der Waals surface area contributed by atoms with Gasteiger partial charge in [-0.25, -0.2) is 4.39 Å². The molecule has 5 heterocycles. The van der Waals surface area contributed by atoms with Crippen molar-refractivity contribution in [3.8, 4) is 5.88 Å². The average molecular weight is 458 g/mol. The van der Waals surface area contributed by atoms with Crippen LogP contribution in [0.15, 0.2) is 29.0 Å². The van der Waals surface area contributed by atoms with E-state index in [9.17, 15) is 0 Å². The van der Waals surface area contributed by atoms with Crippen LogP contribution in [0.25, 0.3) is 0 Å². The molecule has 0 bridgehead atoms. The third kappa shape index (κ3) is 3.16. The summed E-state index contributed by atoms with van der Waals surface area (Å²) in [6.07, 6.45) is 4.58. The van der Waals surface area contributed by atoms with Crippen LogP contribution in [0.5, 0.6) is 5.88 Å². The molecule has 1 aromatic heterocycles. The molecule has 8 nitrogen and oxygen atoms in total. The molecule has 9 heteroatoms. The van der Waals surface area contributed by atoms with Crippen LogP contribution in [0, 0.1) is 23.6 Å². The highest BCUT2D eigenvalue weighted by Crippen LogP contribution is 2.53. The van der Waals surface area contributed by atoms with E-state index in [0.29, 0.717) is 35.9 Å². The summed E-state index contributed by atoms with van der Waals surface area (Å²) in [5, 5.41) is 3.79. The summed E-state index contributed by atoms with van der Waals surface area (Å²) >= 11 is 0. The standard InChI is InChI=1S/C24H28FN3O5/c1-14-28(13-24(32-14)19-12-31-26-23(19)33-24)15-5-6-21(20(25)8-15)27-9-16-17(10-27)18(16)11-30-22-4-2-3-7-29-22/h5-6,8,12,14,16-18,22H,2-4,7,9-11,13H2,1H3/t14?,16-,17+,18+,22?,24-/m0/s1. The molecule has 2 aromatic rings. The summed E-state index contributed by atoms with van der Waals surface area (Å²) < 4.78 is 43.6. The summed E-state index contributed by atoms with van der Waals surface area (Å²) in [4.78, 5) is 4.18. The normalized spacial score (nSPS) is 36.5. The molecule has 5 aliphatic rings. The first-order chi connectivity index (χ1) is 16.1. The molecule has 0 amide bonds. The van der Waals surface area contributed by atoms with Gasteiger partial charge < -0.3 is 33.3 Å². The number of benzene rings is 1. The van der Waals surface area contributed by atoms with Crippen molar-refractivity contribution in [2.45, 2.75) is 44.5 Å². The Balaban J connectivity index is 0.980. The average Bonchev–Trinajstić information content (AvgIpc) is 3.19. The fourth-order valence-corrected chi connectivity index (χ4v) is 6.04. The fraction of sp³-hybridized carbons (Fsp3) is 0.625. The van der Waals surface area contributed by atoms with E-state index in [0.717, 1.165) is 50.4 Å². The predicted octanol–water partition coefficient (Wildman–Crippen LogP) is 3.47. The SMILES string of the molecule is CC1O[C@@]2(CN1c1ccc(N3C[C@@H]4[C@@H](COC5CCCCO5)[C@@H]4C3)c(F)c1)Oc1nocc12. The predicted molar refractivity (Wildman–Crippen MR) is 115 cm³/mol. The van der Waals surface area contributed by atoms with Crippen molar-refractivity contribution in [3.05, 3.63) is 35.8 Å². The topological polar surface area (TPSA) is 69.4 Å². The van der Waals surface area contributed by atoms with E-state index in [1.165, 1.54) is 6.42 Å². The van der Waals surface area contributed by atoms with Gasteiger partial charge in [0.2, 0.25) is 0 Å². The van der Waals surface area contributed by atoms with E-state index in [-0.39, 0.29) is 18.3 Å². The molecule has 3 saturated heterocycles. The number of hydrogen-bond acceptors (Lipinski definition) is 8. The number of anilines is 2. The maximum Gasteiger partial charge on any atom is 0.267 e. The van der Waals surface area contributed by atoms with E-state index < -0.39 is 5.79 Å². The molecular formula is C24H28FN3O5. The van der Waals surface area contributed by atoms with Crippen molar-refractivity contribution in [1.82, 2.24) is 5.16 Å². The maximum absolute atomic E-state index is 15.2. The first-order valence-electron chi connectivity index (χ1n) is 12.0. The first kappa shape index (κ1) is 20.1. The summed E-state index contributed by atoms with van der Waals surface area (Å²) in [5.41, 5.74) is 2.25. The number of halogens is 1. The number of rotatable bonds is 5. The molecule has 1 aliphatic carbocycles. The van der Waals surface area contributed by atoms with Gasteiger partial charge in [0.15, 0.2) is 6.29 Å². The largest absolute Gasteiger partial charge is 0.436 e. The van der Waals surface area contributed by atoms with Crippen LogP contribution >= 0.6 is 0 Å².